The van der Waals surface area contributed by atoms with E-state index in [1.54, 1.807) is 22.9 Å². The number of nitrogens with zero attached hydrogens (tertiary/aromatic N) is 3. The minimum Gasteiger partial charge on any atom is -0.313 e. The summed E-state index contributed by atoms with van der Waals surface area (Å²) in [4.78, 5) is 4.17. The van der Waals surface area contributed by atoms with Crippen LogP contribution < -0.4 is 0 Å². The van der Waals surface area contributed by atoms with Crippen LogP contribution in [0.5, 0.6) is 0 Å². The van der Waals surface area contributed by atoms with Crippen LogP contribution in [0.25, 0.3) is 27.7 Å². The van der Waals surface area contributed by atoms with Crippen LogP contribution in [-0.2, 0) is 6.42 Å². The topological polar surface area (TPSA) is 41.6 Å². The molecule has 0 amide bonds. The molecule has 4 aromatic rings. The Balaban J connectivity index is 1.25. The zero-order valence-corrected chi connectivity index (χ0v) is 24.2. The molecule has 0 aliphatic heterocycles. The molecule has 0 spiro atoms. The predicted octanol–water partition coefficient (Wildman–Crippen LogP) is 9.41. The molecule has 3 nitrogen and oxygen atoms in total. The monoisotopic (exact) mass is 543 g/mol. The van der Waals surface area contributed by atoms with Gasteiger partial charge in [-0.2, -0.15) is 5.26 Å². The molecule has 1 atom stereocenters. The molecule has 0 saturated carbocycles. The van der Waals surface area contributed by atoms with E-state index in [0.717, 1.165) is 31.2 Å². The molecule has 4 aliphatic rings. The molecule has 0 saturated heterocycles. The highest BCUT2D eigenvalue weighted by atomic mass is 15.0. The Kier molecular flexibility index (Phi) is 5.63. The SMILES string of the molecule is CC1(C)C2=C(CCC=C2)C2=C1c1c(n(-c3cccc(C4=CC(c5ccnc(C#N)c5)CC=C4)c3)c3ccccc13)CC2. The first-order valence-corrected chi connectivity index (χ1v) is 15.2. The Morgan fingerprint density at radius 2 is 1.83 bits per heavy atom. The van der Waals surface area contributed by atoms with Gasteiger partial charge in [0.05, 0.1) is 5.52 Å². The summed E-state index contributed by atoms with van der Waals surface area (Å²) in [7, 11) is 0. The largest absolute Gasteiger partial charge is 0.313 e. The number of pyridine rings is 1. The third-order valence-corrected chi connectivity index (χ3v) is 9.80. The summed E-state index contributed by atoms with van der Waals surface area (Å²) in [6.45, 7) is 4.87. The number of allylic oxidation sites excluding steroid dienone is 10. The maximum atomic E-state index is 9.35. The molecule has 2 heterocycles. The fourth-order valence-corrected chi connectivity index (χ4v) is 7.98. The van der Waals surface area contributed by atoms with Crippen molar-refractivity contribution in [2.24, 2.45) is 5.41 Å². The molecule has 0 radical (unpaired) electrons. The summed E-state index contributed by atoms with van der Waals surface area (Å²) in [6.07, 6.45) is 18.8. The van der Waals surface area contributed by atoms with E-state index in [2.05, 4.69) is 108 Å². The van der Waals surface area contributed by atoms with Crippen molar-refractivity contribution < 1.29 is 0 Å². The van der Waals surface area contributed by atoms with Gasteiger partial charge in [-0.25, -0.2) is 4.98 Å². The maximum Gasteiger partial charge on any atom is 0.140 e. The van der Waals surface area contributed by atoms with Crippen LogP contribution in [0, 0.1) is 16.7 Å². The standard InChI is InChI=1S/C39H33N3/c1-39(2)34-15-5-3-13-31(34)32-17-18-36-37(38(32)39)33-14-4-6-16-35(33)42(36)30-12-8-11-27(23-30)25-9-7-10-26(21-25)28-19-20-41-29(22-28)24-40/h4-9,11-12,14-16,19-23,26H,3,10,13,17-18H2,1-2H3. The molecule has 0 N–H and O–H groups in total. The Bertz CT molecular complexity index is 2000. The first kappa shape index (κ1) is 25.1. The molecular weight excluding hydrogens is 510 g/mol. The summed E-state index contributed by atoms with van der Waals surface area (Å²) in [6, 6.07) is 24.2. The van der Waals surface area contributed by atoms with Crippen molar-refractivity contribution in [3.8, 4) is 11.8 Å². The van der Waals surface area contributed by atoms with Gasteiger partial charge in [-0.3, -0.25) is 0 Å². The number of hydrogen-bond donors (Lipinski definition) is 0. The van der Waals surface area contributed by atoms with Crippen molar-refractivity contribution >= 4 is 22.0 Å². The van der Waals surface area contributed by atoms with Gasteiger partial charge >= 0.3 is 0 Å². The van der Waals surface area contributed by atoms with Gasteiger partial charge in [-0.05, 0) is 101 Å². The van der Waals surface area contributed by atoms with Crippen molar-refractivity contribution in [2.75, 3.05) is 0 Å². The minimum atomic E-state index is 0.0125. The van der Waals surface area contributed by atoms with Crippen LogP contribution in [0.1, 0.15) is 73.5 Å². The van der Waals surface area contributed by atoms with Crippen molar-refractivity contribution in [3.63, 3.8) is 0 Å². The molecule has 0 fully saturated rings. The van der Waals surface area contributed by atoms with Gasteiger partial charge in [0.25, 0.3) is 0 Å². The second kappa shape index (κ2) is 9.43. The minimum absolute atomic E-state index is 0.0125. The molecule has 2 aromatic carbocycles. The van der Waals surface area contributed by atoms with Crippen LogP contribution in [0.15, 0.2) is 114 Å². The van der Waals surface area contributed by atoms with Crippen LogP contribution >= 0.6 is 0 Å². The second-order valence-electron chi connectivity index (χ2n) is 12.5. The lowest BCUT2D eigenvalue weighted by Crippen LogP contribution is -2.17. The lowest BCUT2D eigenvalue weighted by molar-refractivity contribution is 0.617. The highest BCUT2D eigenvalue weighted by molar-refractivity contribution is 6.01. The van der Waals surface area contributed by atoms with Gasteiger partial charge in [0.2, 0.25) is 0 Å². The zero-order chi connectivity index (χ0) is 28.4. The Morgan fingerprint density at radius 3 is 2.74 bits per heavy atom. The quantitative estimate of drug-likeness (QED) is 0.258. The van der Waals surface area contributed by atoms with E-state index >= 15 is 0 Å². The number of hydrogen-bond acceptors (Lipinski definition) is 2. The second-order valence-corrected chi connectivity index (χ2v) is 12.5. The van der Waals surface area contributed by atoms with E-state index in [1.165, 1.54) is 51.0 Å². The van der Waals surface area contributed by atoms with Gasteiger partial charge in [0, 0.05) is 39.9 Å². The lowest BCUT2D eigenvalue weighted by atomic mass is 9.74. The van der Waals surface area contributed by atoms with Crippen LogP contribution in [0.3, 0.4) is 0 Å². The maximum absolute atomic E-state index is 9.35. The van der Waals surface area contributed by atoms with Crippen molar-refractivity contribution in [3.05, 3.63) is 142 Å². The van der Waals surface area contributed by atoms with Gasteiger partial charge in [0.1, 0.15) is 11.8 Å². The normalized spacial score (nSPS) is 20.3. The molecule has 8 rings (SSSR count). The average Bonchev–Trinajstić information content (AvgIpc) is 3.50. The molecule has 0 bridgehead atoms. The zero-order valence-electron chi connectivity index (χ0n) is 24.2. The van der Waals surface area contributed by atoms with Gasteiger partial charge in [-0.1, -0.05) is 74.6 Å². The van der Waals surface area contributed by atoms with E-state index < -0.39 is 0 Å². The molecule has 42 heavy (non-hydrogen) atoms. The lowest BCUT2D eigenvalue weighted by Gasteiger charge is -2.29. The summed E-state index contributed by atoms with van der Waals surface area (Å²) >= 11 is 0. The first-order chi connectivity index (χ1) is 20.5. The molecular formula is C39H33N3. The van der Waals surface area contributed by atoms with Crippen molar-refractivity contribution in [2.45, 2.75) is 51.9 Å². The van der Waals surface area contributed by atoms with Crippen LogP contribution in [-0.4, -0.2) is 9.55 Å². The van der Waals surface area contributed by atoms with E-state index in [4.69, 9.17) is 0 Å². The summed E-state index contributed by atoms with van der Waals surface area (Å²) in [5.74, 6) is 0.228. The van der Waals surface area contributed by atoms with Crippen LogP contribution in [0.4, 0.5) is 0 Å². The molecule has 2 aromatic heterocycles. The highest BCUT2D eigenvalue weighted by Gasteiger charge is 2.43. The molecule has 3 heteroatoms. The summed E-state index contributed by atoms with van der Waals surface area (Å²) in [5, 5.41) is 10.7. The van der Waals surface area contributed by atoms with Gasteiger partial charge < -0.3 is 4.57 Å². The molecule has 204 valence electrons. The summed E-state index contributed by atoms with van der Waals surface area (Å²) < 4.78 is 2.54. The van der Waals surface area contributed by atoms with Crippen molar-refractivity contribution in [1.82, 2.24) is 9.55 Å². The fourth-order valence-electron chi connectivity index (χ4n) is 7.98. The van der Waals surface area contributed by atoms with Crippen LogP contribution in [0.2, 0.25) is 0 Å². The van der Waals surface area contributed by atoms with Crippen molar-refractivity contribution in [1.29, 1.82) is 5.26 Å². The number of fused-ring (bicyclic) bond motifs is 5. The first-order valence-electron chi connectivity index (χ1n) is 15.2. The van der Waals surface area contributed by atoms with E-state index in [1.807, 2.05) is 12.1 Å². The average molecular weight is 544 g/mol. The molecule has 4 aliphatic carbocycles. The van der Waals surface area contributed by atoms with Gasteiger partial charge in [-0.15, -0.1) is 0 Å². The van der Waals surface area contributed by atoms with Gasteiger partial charge in [0.15, 0.2) is 0 Å². The fraction of sp³-hybridized carbons (Fsp3) is 0.231. The van der Waals surface area contributed by atoms with E-state index in [-0.39, 0.29) is 11.3 Å². The van der Waals surface area contributed by atoms with E-state index in [9.17, 15) is 5.26 Å². The number of nitriles is 1. The number of benzene rings is 2. The number of rotatable bonds is 3. The Hall–Kier alpha value is -4.68. The molecule has 1 unspecified atom stereocenters. The van der Waals surface area contributed by atoms with E-state index in [0.29, 0.717) is 5.69 Å². The third-order valence-electron chi connectivity index (χ3n) is 9.80. The number of para-hydroxylation sites is 1. The predicted molar refractivity (Wildman–Crippen MR) is 171 cm³/mol. The Morgan fingerprint density at radius 1 is 0.929 bits per heavy atom. The highest BCUT2D eigenvalue weighted by Crippen LogP contribution is 2.59. The smallest absolute Gasteiger partial charge is 0.140 e. The number of aromatic nitrogens is 2. The summed E-state index contributed by atoms with van der Waals surface area (Å²) in [5.41, 5.74) is 15.8. The Labute approximate surface area is 247 Å². The third kappa shape index (κ3) is 3.68.